The predicted octanol–water partition coefficient (Wildman–Crippen LogP) is 5.29. The van der Waals surface area contributed by atoms with Crippen LogP contribution >= 0.6 is 15.9 Å². The molecule has 0 atom stereocenters. The van der Waals surface area contributed by atoms with E-state index < -0.39 is 51.3 Å². The smallest absolute Gasteiger partial charge is 0.218 e. The van der Waals surface area contributed by atoms with E-state index in [1.165, 1.54) is 0 Å². The van der Waals surface area contributed by atoms with Gasteiger partial charge in [-0.2, -0.15) is 26.3 Å². The molecule has 0 aliphatic rings. The molecule has 0 amide bonds. The summed E-state index contributed by atoms with van der Waals surface area (Å²) in [6.45, 7) is 0. The fourth-order valence-corrected chi connectivity index (χ4v) is 1.97. The Labute approximate surface area is 116 Å². The van der Waals surface area contributed by atoms with E-state index in [0.717, 1.165) is 0 Å². The molecule has 0 aromatic heterocycles. The van der Waals surface area contributed by atoms with E-state index in [9.17, 15) is 48.3 Å². The van der Waals surface area contributed by atoms with Gasteiger partial charge in [0.2, 0.25) is 0 Å². The van der Waals surface area contributed by atoms with Crippen LogP contribution in [0.1, 0.15) is 5.56 Å². The molecule has 0 saturated heterocycles. The fourth-order valence-electron chi connectivity index (χ4n) is 1.35. The highest BCUT2D eigenvalue weighted by molar-refractivity contribution is 9.10. The molecular weight excluding hydrogens is 397 g/mol. The van der Waals surface area contributed by atoms with Crippen LogP contribution in [0.15, 0.2) is 4.47 Å². The third-order valence-corrected chi connectivity index (χ3v) is 3.08. The van der Waals surface area contributed by atoms with Crippen LogP contribution in [-0.2, 0) is 5.67 Å². The minimum atomic E-state index is -6.81. The van der Waals surface area contributed by atoms with Crippen molar-refractivity contribution in [2.75, 3.05) is 0 Å². The van der Waals surface area contributed by atoms with Crippen molar-refractivity contribution in [3.05, 3.63) is 33.3 Å². The maximum Gasteiger partial charge on any atom is 0.436 e. The van der Waals surface area contributed by atoms with Crippen molar-refractivity contribution in [3.8, 4) is 0 Å². The van der Waals surface area contributed by atoms with Crippen molar-refractivity contribution in [3.63, 3.8) is 0 Å². The first-order chi connectivity index (χ1) is 9.18. The SMILES string of the molecule is Fc1c(F)c(F)c(C(F)(C(F)(F)F)C(F)(F)F)c(Br)c1F. The Bertz CT molecular complexity index is 528. The van der Waals surface area contributed by atoms with Crippen LogP contribution in [0.2, 0.25) is 0 Å². The molecule has 0 aliphatic heterocycles. The first-order valence-electron chi connectivity index (χ1n) is 4.52. The van der Waals surface area contributed by atoms with E-state index in [4.69, 9.17) is 0 Å². The highest BCUT2D eigenvalue weighted by atomic mass is 79.9. The lowest BCUT2D eigenvalue weighted by Crippen LogP contribution is -2.51. The minimum absolute atomic E-state index is 1.68. The highest BCUT2D eigenvalue weighted by Crippen LogP contribution is 2.56. The summed E-state index contributed by atoms with van der Waals surface area (Å²) in [5, 5.41) is 0. The van der Waals surface area contributed by atoms with Crippen LogP contribution in [0.3, 0.4) is 0 Å². The molecule has 0 fully saturated rings. The molecule has 12 heteroatoms. The number of benzene rings is 1. The molecule has 0 nitrogen and oxygen atoms in total. The number of hydrogen-bond donors (Lipinski definition) is 0. The van der Waals surface area contributed by atoms with Crippen LogP contribution in [0, 0.1) is 23.3 Å². The molecule has 0 saturated carbocycles. The highest BCUT2D eigenvalue weighted by Gasteiger charge is 2.75. The van der Waals surface area contributed by atoms with Gasteiger partial charge in [-0.15, -0.1) is 0 Å². The summed E-state index contributed by atoms with van der Waals surface area (Å²) >= 11 is 1.68. The zero-order valence-corrected chi connectivity index (χ0v) is 10.6. The number of halogens is 12. The predicted molar refractivity (Wildman–Crippen MR) is 48.9 cm³/mol. The van der Waals surface area contributed by atoms with E-state index in [2.05, 4.69) is 0 Å². The molecule has 1 aromatic carbocycles. The lowest BCUT2D eigenvalue weighted by molar-refractivity contribution is -0.349. The summed E-state index contributed by atoms with van der Waals surface area (Å²) in [7, 11) is 0. The summed E-state index contributed by atoms with van der Waals surface area (Å²) in [6.07, 6.45) is -13.6. The molecule has 0 radical (unpaired) electrons. The first-order valence-corrected chi connectivity index (χ1v) is 5.31. The van der Waals surface area contributed by atoms with Gasteiger partial charge in [-0.25, -0.2) is 22.0 Å². The summed E-state index contributed by atoms with van der Waals surface area (Å²) < 4.78 is 137. The van der Waals surface area contributed by atoms with Crippen molar-refractivity contribution < 1.29 is 48.3 Å². The number of hydrogen-bond acceptors (Lipinski definition) is 0. The molecule has 0 bridgehead atoms. The first kappa shape index (κ1) is 18.0. The van der Waals surface area contributed by atoms with E-state index in [-0.39, 0.29) is 0 Å². The van der Waals surface area contributed by atoms with Crippen molar-refractivity contribution in [1.82, 2.24) is 0 Å². The van der Waals surface area contributed by atoms with Gasteiger partial charge in [0.25, 0.3) is 0 Å². The van der Waals surface area contributed by atoms with Gasteiger partial charge in [-0.3, -0.25) is 0 Å². The number of alkyl halides is 7. The minimum Gasteiger partial charge on any atom is -0.218 e. The molecule has 0 heterocycles. The van der Waals surface area contributed by atoms with Gasteiger partial charge in [0, 0.05) is 0 Å². The van der Waals surface area contributed by atoms with E-state index in [0.29, 0.717) is 0 Å². The second-order valence-corrected chi connectivity index (χ2v) is 4.39. The van der Waals surface area contributed by atoms with Crippen molar-refractivity contribution in [2.24, 2.45) is 0 Å². The van der Waals surface area contributed by atoms with Gasteiger partial charge in [-0.1, -0.05) is 0 Å². The standard InChI is InChI=1S/C9BrF11/c10-2-1(3(11)5(13)6(14)4(2)12)7(15,8(16,17)18)9(19,20)21. The Morgan fingerprint density at radius 1 is 0.571 bits per heavy atom. The zero-order valence-electron chi connectivity index (χ0n) is 9.04. The van der Waals surface area contributed by atoms with Crippen LogP contribution in [0.4, 0.5) is 48.3 Å². The summed E-state index contributed by atoms with van der Waals surface area (Å²) in [5.41, 5.74) is -9.53. The fraction of sp³-hybridized carbons (Fsp3) is 0.333. The normalized spacial score (nSPS) is 13.7. The van der Waals surface area contributed by atoms with Gasteiger partial charge in [0.05, 0.1) is 10.0 Å². The van der Waals surface area contributed by atoms with E-state index in [1.54, 1.807) is 15.9 Å². The van der Waals surface area contributed by atoms with Crippen LogP contribution in [0.5, 0.6) is 0 Å². The summed E-state index contributed by atoms with van der Waals surface area (Å²) in [4.78, 5) is 0. The van der Waals surface area contributed by atoms with Gasteiger partial charge in [0.1, 0.15) is 0 Å². The third kappa shape index (κ3) is 2.46. The molecular formula is C9BrF11. The lowest BCUT2D eigenvalue weighted by atomic mass is 9.93. The summed E-state index contributed by atoms with van der Waals surface area (Å²) in [5.74, 6) is -11.5. The molecule has 0 aliphatic carbocycles. The van der Waals surface area contributed by atoms with Crippen LogP contribution < -0.4 is 0 Å². The Balaban J connectivity index is 3.96. The third-order valence-electron chi connectivity index (χ3n) is 2.34. The molecule has 0 unspecified atom stereocenters. The lowest BCUT2D eigenvalue weighted by Gasteiger charge is -2.31. The monoisotopic (exact) mass is 396 g/mol. The second kappa shape index (κ2) is 4.99. The van der Waals surface area contributed by atoms with Gasteiger partial charge >= 0.3 is 18.0 Å². The Morgan fingerprint density at radius 2 is 0.905 bits per heavy atom. The Hall–Kier alpha value is -1.07. The van der Waals surface area contributed by atoms with Crippen molar-refractivity contribution >= 4 is 15.9 Å². The average Bonchev–Trinajstić information content (AvgIpc) is 2.31. The Morgan fingerprint density at radius 3 is 1.24 bits per heavy atom. The van der Waals surface area contributed by atoms with E-state index >= 15 is 0 Å². The van der Waals surface area contributed by atoms with Gasteiger partial charge in [-0.05, 0) is 15.9 Å². The summed E-state index contributed by atoms with van der Waals surface area (Å²) in [6, 6.07) is 0. The topological polar surface area (TPSA) is 0 Å². The molecule has 21 heavy (non-hydrogen) atoms. The molecule has 1 rings (SSSR count). The zero-order chi connectivity index (χ0) is 17.0. The van der Waals surface area contributed by atoms with Crippen LogP contribution in [0.25, 0.3) is 0 Å². The quantitative estimate of drug-likeness (QED) is 0.343. The van der Waals surface area contributed by atoms with Crippen molar-refractivity contribution in [2.45, 2.75) is 18.0 Å². The Kier molecular flexibility index (Phi) is 4.27. The van der Waals surface area contributed by atoms with Gasteiger partial charge < -0.3 is 0 Å². The van der Waals surface area contributed by atoms with Crippen molar-refractivity contribution in [1.29, 1.82) is 0 Å². The van der Waals surface area contributed by atoms with Gasteiger partial charge in [0.15, 0.2) is 23.3 Å². The van der Waals surface area contributed by atoms with Crippen LogP contribution in [-0.4, -0.2) is 12.4 Å². The molecule has 1 aromatic rings. The molecule has 120 valence electrons. The second-order valence-electron chi connectivity index (χ2n) is 3.60. The maximum absolute atomic E-state index is 13.6. The largest absolute Gasteiger partial charge is 0.436 e. The van der Waals surface area contributed by atoms with E-state index in [1.807, 2.05) is 0 Å². The molecule has 0 N–H and O–H groups in total. The molecule has 0 spiro atoms. The number of rotatable bonds is 1. The maximum atomic E-state index is 13.6. The average molecular weight is 397 g/mol.